The Hall–Kier alpha value is -1.79. The van der Waals surface area contributed by atoms with Crippen molar-refractivity contribution in [3.05, 3.63) is 23.8 Å². The van der Waals surface area contributed by atoms with Crippen LogP contribution >= 0.6 is 0 Å². The van der Waals surface area contributed by atoms with Crippen LogP contribution in [0.15, 0.2) is 12.3 Å². The van der Waals surface area contributed by atoms with Crippen molar-refractivity contribution in [3.63, 3.8) is 0 Å². The molecule has 0 bridgehead atoms. The van der Waals surface area contributed by atoms with Crippen LogP contribution in [0, 0.1) is 5.82 Å². The van der Waals surface area contributed by atoms with Gasteiger partial charge in [-0.25, -0.2) is 14.2 Å². The molecule has 1 aromatic rings. The molecule has 0 spiro atoms. The second-order valence-corrected chi connectivity index (χ2v) is 2.18. The molecule has 0 fully saturated rings. The molecule has 1 heterocycles. The number of ether oxygens (including phenoxy) is 1. The van der Waals surface area contributed by atoms with Gasteiger partial charge < -0.3 is 9.84 Å². The van der Waals surface area contributed by atoms with E-state index >= 15 is 0 Å². The van der Waals surface area contributed by atoms with Crippen LogP contribution in [0.4, 0.5) is 13.2 Å². The number of aromatic nitrogens is 1. The third-order valence-corrected chi connectivity index (χ3v) is 1.24. The zero-order valence-electron chi connectivity index (χ0n) is 6.58. The largest absolute Gasteiger partial charge is 0.476 e. The number of carboxylic acids is 1. The van der Waals surface area contributed by atoms with Crippen LogP contribution in [0.3, 0.4) is 0 Å². The van der Waals surface area contributed by atoms with Crippen LogP contribution in [0.2, 0.25) is 0 Å². The number of carbonyl (C=O) groups is 1. The smallest absolute Gasteiger partial charge is 0.387 e. The first-order valence-electron chi connectivity index (χ1n) is 3.34. The fourth-order valence-corrected chi connectivity index (χ4v) is 0.767. The van der Waals surface area contributed by atoms with Gasteiger partial charge in [0.1, 0.15) is 5.82 Å². The van der Waals surface area contributed by atoms with Crippen LogP contribution in [-0.2, 0) is 0 Å². The molecule has 14 heavy (non-hydrogen) atoms. The van der Waals surface area contributed by atoms with Crippen molar-refractivity contribution in [1.29, 1.82) is 0 Å². The number of hydrogen-bond donors (Lipinski definition) is 1. The Kier molecular flexibility index (Phi) is 2.90. The van der Waals surface area contributed by atoms with Crippen molar-refractivity contribution < 1.29 is 27.8 Å². The summed E-state index contributed by atoms with van der Waals surface area (Å²) in [4.78, 5) is 13.5. The van der Waals surface area contributed by atoms with E-state index in [1.165, 1.54) is 0 Å². The maximum atomic E-state index is 12.5. The Bertz CT molecular complexity index is 356. The van der Waals surface area contributed by atoms with Crippen LogP contribution in [-0.4, -0.2) is 22.7 Å². The summed E-state index contributed by atoms with van der Waals surface area (Å²) in [5, 5.41) is 8.46. The quantitative estimate of drug-likeness (QED) is 0.816. The number of carboxylic acid groups (broad SMARTS) is 1. The summed E-state index contributed by atoms with van der Waals surface area (Å²) in [6.07, 6.45) is 0.599. The summed E-state index contributed by atoms with van der Waals surface area (Å²) < 4.78 is 39.7. The molecule has 0 aliphatic rings. The van der Waals surface area contributed by atoms with Gasteiger partial charge in [-0.15, -0.1) is 0 Å². The highest BCUT2D eigenvalue weighted by Crippen LogP contribution is 2.19. The molecule has 0 radical (unpaired) electrons. The van der Waals surface area contributed by atoms with Crippen molar-refractivity contribution in [2.75, 3.05) is 0 Å². The first-order chi connectivity index (χ1) is 6.50. The normalized spacial score (nSPS) is 10.3. The highest BCUT2D eigenvalue weighted by atomic mass is 19.3. The van der Waals surface area contributed by atoms with E-state index in [4.69, 9.17) is 5.11 Å². The standard InChI is InChI=1S/C7H4F3NO3/c8-3-1-4(14-7(9)10)5(6(12)13)11-2-3/h1-2,7H,(H,12,13). The van der Waals surface area contributed by atoms with E-state index in [1.54, 1.807) is 0 Å². The van der Waals surface area contributed by atoms with Gasteiger partial charge in [-0.1, -0.05) is 0 Å². The lowest BCUT2D eigenvalue weighted by molar-refractivity contribution is -0.0507. The van der Waals surface area contributed by atoms with Gasteiger partial charge in [0.25, 0.3) is 0 Å². The molecule has 0 aliphatic heterocycles. The molecular formula is C7H4F3NO3. The second-order valence-electron chi connectivity index (χ2n) is 2.18. The summed E-state index contributed by atoms with van der Waals surface area (Å²) in [7, 11) is 0. The van der Waals surface area contributed by atoms with Crippen LogP contribution in [0.1, 0.15) is 10.5 Å². The lowest BCUT2D eigenvalue weighted by Crippen LogP contribution is -2.09. The molecule has 1 aromatic heterocycles. The highest BCUT2D eigenvalue weighted by Gasteiger charge is 2.17. The first kappa shape index (κ1) is 10.3. The number of halogens is 3. The molecule has 0 unspecified atom stereocenters. The van der Waals surface area contributed by atoms with Crippen LogP contribution < -0.4 is 4.74 Å². The molecule has 0 atom stereocenters. The second kappa shape index (κ2) is 3.95. The maximum Gasteiger partial charge on any atom is 0.387 e. The third kappa shape index (κ3) is 2.35. The number of rotatable bonds is 3. The van der Waals surface area contributed by atoms with Gasteiger partial charge in [-0.2, -0.15) is 8.78 Å². The Morgan fingerprint density at radius 3 is 2.71 bits per heavy atom. The Morgan fingerprint density at radius 1 is 1.57 bits per heavy atom. The van der Waals surface area contributed by atoms with E-state index in [0.717, 1.165) is 0 Å². The van der Waals surface area contributed by atoms with Crippen molar-refractivity contribution in [1.82, 2.24) is 4.98 Å². The molecule has 4 nitrogen and oxygen atoms in total. The number of aromatic carboxylic acids is 1. The highest BCUT2D eigenvalue weighted by molar-refractivity contribution is 5.88. The van der Waals surface area contributed by atoms with E-state index in [-0.39, 0.29) is 0 Å². The molecule has 7 heteroatoms. The predicted molar refractivity (Wildman–Crippen MR) is 37.8 cm³/mol. The number of hydrogen-bond acceptors (Lipinski definition) is 3. The minimum atomic E-state index is -3.23. The minimum absolute atomic E-state index is 0.530. The molecule has 1 rings (SSSR count). The SMILES string of the molecule is O=C(O)c1ncc(F)cc1OC(F)F. The Morgan fingerprint density at radius 2 is 2.21 bits per heavy atom. The van der Waals surface area contributed by atoms with Crippen LogP contribution in [0.25, 0.3) is 0 Å². The monoisotopic (exact) mass is 207 g/mol. The lowest BCUT2D eigenvalue weighted by atomic mass is 10.3. The molecule has 0 saturated carbocycles. The van der Waals surface area contributed by atoms with Gasteiger partial charge in [0.2, 0.25) is 0 Å². The summed E-state index contributed by atoms with van der Waals surface area (Å²) >= 11 is 0. The topological polar surface area (TPSA) is 59.4 Å². The van der Waals surface area contributed by atoms with Gasteiger partial charge in [0.05, 0.1) is 6.20 Å². The summed E-state index contributed by atoms with van der Waals surface area (Å²) in [5.41, 5.74) is -0.758. The number of pyridine rings is 1. The summed E-state index contributed by atoms with van der Waals surface area (Å²) in [6.45, 7) is -3.23. The minimum Gasteiger partial charge on any atom is -0.476 e. The summed E-state index contributed by atoms with van der Waals surface area (Å²) in [6, 6.07) is 0.530. The fourth-order valence-electron chi connectivity index (χ4n) is 0.767. The van der Waals surface area contributed by atoms with E-state index in [0.29, 0.717) is 12.3 Å². The van der Waals surface area contributed by atoms with Gasteiger partial charge in [0.15, 0.2) is 11.4 Å². The molecule has 76 valence electrons. The lowest BCUT2D eigenvalue weighted by Gasteiger charge is -2.06. The molecule has 0 saturated heterocycles. The fraction of sp³-hybridized carbons (Fsp3) is 0.143. The van der Waals surface area contributed by atoms with Crippen molar-refractivity contribution in [2.24, 2.45) is 0 Å². The van der Waals surface area contributed by atoms with E-state index in [2.05, 4.69) is 9.72 Å². The zero-order valence-corrected chi connectivity index (χ0v) is 6.58. The summed E-state index contributed by atoms with van der Waals surface area (Å²) in [5.74, 6) is -3.32. The Labute approximate surface area is 75.9 Å². The Balaban J connectivity index is 3.09. The molecule has 1 N–H and O–H groups in total. The molecule has 0 amide bonds. The first-order valence-corrected chi connectivity index (χ1v) is 3.34. The maximum absolute atomic E-state index is 12.5. The average molecular weight is 207 g/mol. The van der Waals surface area contributed by atoms with Crippen molar-refractivity contribution in [2.45, 2.75) is 6.61 Å². The van der Waals surface area contributed by atoms with Gasteiger partial charge in [-0.3, -0.25) is 0 Å². The van der Waals surface area contributed by atoms with Crippen molar-refractivity contribution in [3.8, 4) is 5.75 Å². The molecule has 0 aromatic carbocycles. The number of alkyl halides is 2. The predicted octanol–water partition coefficient (Wildman–Crippen LogP) is 1.52. The van der Waals surface area contributed by atoms with Gasteiger partial charge >= 0.3 is 12.6 Å². The molecule has 0 aliphatic carbocycles. The van der Waals surface area contributed by atoms with Crippen molar-refractivity contribution >= 4 is 5.97 Å². The zero-order chi connectivity index (χ0) is 10.7. The van der Waals surface area contributed by atoms with E-state index < -0.39 is 29.8 Å². The third-order valence-electron chi connectivity index (χ3n) is 1.24. The van der Waals surface area contributed by atoms with E-state index in [9.17, 15) is 18.0 Å². The van der Waals surface area contributed by atoms with Crippen LogP contribution in [0.5, 0.6) is 5.75 Å². The number of nitrogens with zero attached hydrogens (tertiary/aromatic N) is 1. The van der Waals surface area contributed by atoms with Gasteiger partial charge in [0, 0.05) is 6.07 Å². The average Bonchev–Trinajstić information content (AvgIpc) is 2.01. The molecular weight excluding hydrogens is 203 g/mol. The van der Waals surface area contributed by atoms with Gasteiger partial charge in [-0.05, 0) is 0 Å². The van der Waals surface area contributed by atoms with E-state index in [1.807, 2.05) is 0 Å².